The lowest BCUT2D eigenvalue weighted by Crippen LogP contribution is -2.28. The van der Waals surface area contributed by atoms with Crippen LogP contribution in [0, 0.1) is 0 Å². The van der Waals surface area contributed by atoms with Gasteiger partial charge in [-0.05, 0) is 49.4 Å². The van der Waals surface area contributed by atoms with Crippen molar-refractivity contribution in [1.29, 1.82) is 0 Å². The quantitative estimate of drug-likeness (QED) is 0.681. The number of amides is 1. The van der Waals surface area contributed by atoms with Gasteiger partial charge < -0.3 is 15.8 Å². The molecule has 0 spiro atoms. The van der Waals surface area contributed by atoms with E-state index in [0.29, 0.717) is 36.5 Å². The van der Waals surface area contributed by atoms with E-state index < -0.39 is 10.0 Å². The Hall–Kier alpha value is -2.58. The van der Waals surface area contributed by atoms with Crippen LogP contribution in [0.25, 0.3) is 0 Å². The Morgan fingerprint density at radius 2 is 1.81 bits per heavy atom. The van der Waals surface area contributed by atoms with Gasteiger partial charge in [-0.15, -0.1) is 0 Å². The first-order chi connectivity index (χ1) is 12.4. The molecule has 26 heavy (non-hydrogen) atoms. The van der Waals surface area contributed by atoms with Crippen molar-refractivity contribution in [3.05, 3.63) is 54.1 Å². The number of nitrogens with two attached hydrogens (primary N) is 1. The van der Waals surface area contributed by atoms with Gasteiger partial charge in [0.15, 0.2) is 0 Å². The zero-order valence-corrected chi connectivity index (χ0v) is 15.6. The minimum atomic E-state index is -3.78. The van der Waals surface area contributed by atoms with Crippen LogP contribution in [0.5, 0.6) is 5.75 Å². The van der Waals surface area contributed by atoms with Gasteiger partial charge in [0, 0.05) is 19.2 Å². The highest BCUT2D eigenvalue weighted by atomic mass is 32.2. The molecular weight excluding hydrogens is 354 g/mol. The summed E-state index contributed by atoms with van der Waals surface area (Å²) in [5.41, 5.74) is 6.21. The maximum Gasteiger partial charge on any atom is 0.264 e. The van der Waals surface area contributed by atoms with Crippen molar-refractivity contribution in [1.82, 2.24) is 5.32 Å². The molecule has 0 aliphatic heterocycles. The molecule has 0 saturated carbocycles. The van der Waals surface area contributed by atoms with Crippen molar-refractivity contribution < 1.29 is 17.9 Å². The monoisotopic (exact) mass is 377 g/mol. The molecule has 0 aliphatic carbocycles. The number of para-hydroxylation sites is 2. The first kappa shape index (κ1) is 19.7. The van der Waals surface area contributed by atoms with E-state index >= 15 is 0 Å². The maximum atomic E-state index is 12.8. The molecule has 0 unspecified atom stereocenters. The number of benzene rings is 2. The summed E-state index contributed by atoms with van der Waals surface area (Å²) in [6.07, 6.45) is 0.682. The second kappa shape index (κ2) is 8.68. The summed E-state index contributed by atoms with van der Waals surface area (Å²) in [4.78, 5) is 12.1. The van der Waals surface area contributed by atoms with Crippen LogP contribution in [0.2, 0.25) is 0 Å². The zero-order chi connectivity index (χ0) is 19.2. The van der Waals surface area contributed by atoms with Gasteiger partial charge in [-0.1, -0.05) is 12.1 Å². The van der Waals surface area contributed by atoms with Gasteiger partial charge in [0.05, 0.1) is 17.7 Å². The van der Waals surface area contributed by atoms with Crippen LogP contribution in [0.15, 0.2) is 53.4 Å². The first-order valence-electron chi connectivity index (χ1n) is 8.12. The van der Waals surface area contributed by atoms with Gasteiger partial charge >= 0.3 is 0 Å². The van der Waals surface area contributed by atoms with Gasteiger partial charge in [-0.25, -0.2) is 8.42 Å². The largest absolute Gasteiger partial charge is 0.495 e. The van der Waals surface area contributed by atoms with Crippen LogP contribution in [0.3, 0.4) is 0 Å². The van der Waals surface area contributed by atoms with Gasteiger partial charge in [0.1, 0.15) is 5.75 Å². The normalized spacial score (nSPS) is 11.0. The summed E-state index contributed by atoms with van der Waals surface area (Å²) in [6.45, 7) is 0.971. The standard InChI is InChI=1S/C18H23N3O4S/c1-21(16-6-3-4-7-17(16)25-2)26(23,24)15-10-8-14(9-11-15)18(22)20-13-5-12-19/h3-4,6-11H,5,12-13,19H2,1-2H3,(H,20,22). The molecule has 8 heteroatoms. The summed E-state index contributed by atoms with van der Waals surface area (Å²) in [5, 5.41) is 2.73. The van der Waals surface area contributed by atoms with E-state index in [1.807, 2.05) is 0 Å². The van der Waals surface area contributed by atoms with E-state index in [1.165, 1.54) is 38.4 Å². The Labute approximate surface area is 153 Å². The molecule has 0 aromatic heterocycles. The number of nitrogens with zero attached hydrogens (tertiary/aromatic N) is 1. The molecule has 2 aromatic rings. The highest BCUT2D eigenvalue weighted by Gasteiger charge is 2.23. The molecule has 0 heterocycles. The molecule has 2 rings (SSSR count). The number of carbonyl (C=O) groups excluding carboxylic acids is 1. The predicted molar refractivity (Wildman–Crippen MR) is 101 cm³/mol. The predicted octanol–water partition coefficient (Wildman–Crippen LogP) is 1.60. The molecule has 140 valence electrons. The highest BCUT2D eigenvalue weighted by molar-refractivity contribution is 7.92. The molecule has 2 aromatic carbocycles. The van der Waals surface area contributed by atoms with Crippen molar-refractivity contribution in [3.63, 3.8) is 0 Å². The Kier molecular flexibility index (Phi) is 6.59. The average Bonchev–Trinajstić information content (AvgIpc) is 2.67. The number of carbonyl (C=O) groups is 1. The zero-order valence-electron chi connectivity index (χ0n) is 14.8. The lowest BCUT2D eigenvalue weighted by atomic mass is 10.2. The number of sulfonamides is 1. The Bertz CT molecular complexity index is 851. The number of anilines is 1. The van der Waals surface area contributed by atoms with E-state index in [9.17, 15) is 13.2 Å². The lowest BCUT2D eigenvalue weighted by Gasteiger charge is -2.21. The third-order valence-corrected chi connectivity index (χ3v) is 5.65. The fraction of sp³-hybridized carbons (Fsp3) is 0.278. The minimum Gasteiger partial charge on any atom is -0.495 e. The van der Waals surface area contributed by atoms with Crippen molar-refractivity contribution in [2.45, 2.75) is 11.3 Å². The van der Waals surface area contributed by atoms with Gasteiger partial charge in [-0.2, -0.15) is 0 Å². The number of hydrogen-bond acceptors (Lipinski definition) is 5. The van der Waals surface area contributed by atoms with Crippen LogP contribution in [0.4, 0.5) is 5.69 Å². The summed E-state index contributed by atoms with van der Waals surface area (Å²) in [7, 11) is -0.840. The summed E-state index contributed by atoms with van der Waals surface area (Å²) >= 11 is 0. The maximum absolute atomic E-state index is 12.8. The van der Waals surface area contributed by atoms with Crippen LogP contribution in [-0.4, -0.2) is 41.6 Å². The SMILES string of the molecule is COc1ccccc1N(C)S(=O)(=O)c1ccc(C(=O)NCCCN)cc1. The number of ether oxygens (including phenoxy) is 1. The molecule has 7 nitrogen and oxygen atoms in total. The molecular formula is C18H23N3O4S. The molecule has 0 radical (unpaired) electrons. The Balaban J connectivity index is 2.22. The van der Waals surface area contributed by atoms with E-state index in [1.54, 1.807) is 24.3 Å². The van der Waals surface area contributed by atoms with Gasteiger partial charge in [-0.3, -0.25) is 9.10 Å². The van der Waals surface area contributed by atoms with Crippen LogP contribution < -0.4 is 20.1 Å². The number of methoxy groups -OCH3 is 1. The summed E-state index contributed by atoms with van der Waals surface area (Å²) in [5.74, 6) is 0.190. The topological polar surface area (TPSA) is 102 Å². The van der Waals surface area contributed by atoms with Crippen LogP contribution in [0.1, 0.15) is 16.8 Å². The van der Waals surface area contributed by atoms with E-state index in [4.69, 9.17) is 10.5 Å². The number of hydrogen-bond donors (Lipinski definition) is 2. The number of rotatable bonds is 8. The van der Waals surface area contributed by atoms with Gasteiger partial charge in [0.25, 0.3) is 15.9 Å². The van der Waals surface area contributed by atoms with Crippen molar-refractivity contribution in [2.24, 2.45) is 5.73 Å². The summed E-state index contributed by atoms with van der Waals surface area (Å²) < 4.78 is 32.1. The second-order valence-electron chi connectivity index (χ2n) is 5.57. The average molecular weight is 377 g/mol. The second-order valence-corrected chi connectivity index (χ2v) is 7.54. The smallest absolute Gasteiger partial charge is 0.264 e. The Morgan fingerprint density at radius 3 is 2.42 bits per heavy atom. The van der Waals surface area contributed by atoms with Crippen LogP contribution in [-0.2, 0) is 10.0 Å². The Morgan fingerprint density at radius 1 is 1.15 bits per heavy atom. The molecule has 0 atom stereocenters. The van der Waals surface area contributed by atoms with E-state index in [0.717, 1.165) is 4.31 Å². The molecule has 0 fully saturated rings. The highest BCUT2D eigenvalue weighted by Crippen LogP contribution is 2.30. The van der Waals surface area contributed by atoms with Crippen molar-refractivity contribution in [2.75, 3.05) is 31.6 Å². The van der Waals surface area contributed by atoms with Gasteiger partial charge in [0.2, 0.25) is 0 Å². The molecule has 0 saturated heterocycles. The number of nitrogens with one attached hydrogen (secondary N) is 1. The molecule has 1 amide bonds. The third kappa shape index (κ3) is 4.33. The molecule has 3 N–H and O–H groups in total. The third-order valence-electron chi connectivity index (χ3n) is 3.87. The van der Waals surface area contributed by atoms with Crippen molar-refractivity contribution >= 4 is 21.6 Å². The first-order valence-corrected chi connectivity index (χ1v) is 9.56. The van der Waals surface area contributed by atoms with E-state index in [2.05, 4.69) is 5.32 Å². The minimum absolute atomic E-state index is 0.0874. The summed E-state index contributed by atoms with van der Waals surface area (Å²) in [6, 6.07) is 12.7. The van der Waals surface area contributed by atoms with E-state index in [-0.39, 0.29) is 10.8 Å². The van der Waals surface area contributed by atoms with Crippen LogP contribution >= 0.6 is 0 Å². The molecule has 0 aliphatic rings. The molecule has 0 bridgehead atoms. The fourth-order valence-electron chi connectivity index (χ4n) is 2.36. The fourth-order valence-corrected chi connectivity index (χ4v) is 3.57. The van der Waals surface area contributed by atoms with Crippen molar-refractivity contribution in [3.8, 4) is 5.75 Å². The lowest BCUT2D eigenvalue weighted by molar-refractivity contribution is 0.0953.